The number of halogens is 1. The number of amides is 1. The number of carbonyl (C=O) groups excluding carboxylic acids is 1. The standard InChI is InChI=1S/C16H16ClNO3/c1-10-6-14(15(21-2)9-13(10)17)18-16(20)8-11-4-3-5-12(19)7-11/h3-7,9,19H,8H2,1-2H3,(H,18,20). The molecule has 1 amide bonds. The maximum atomic E-state index is 12.1. The van der Waals surface area contributed by atoms with Gasteiger partial charge >= 0.3 is 0 Å². The van der Waals surface area contributed by atoms with Gasteiger partial charge in [0.25, 0.3) is 0 Å². The minimum atomic E-state index is -0.194. The van der Waals surface area contributed by atoms with E-state index in [0.717, 1.165) is 11.1 Å². The van der Waals surface area contributed by atoms with E-state index in [-0.39, 0.29) is 18.1 Å². The molecule has 2 rings (SSSR count). The minimum absolute atomic E-state index is 0.139. The molecule has 0 aliphatic heterocycles. The molecule has 110 valence electrons. The molecule has 0 radical (unpaired) electrons. The van der Waals surface area contributed by atoms with Crippen LogP contribution in [0, 0.1) is 6.92 Å². The molecule has 21 heavy (non-hydrogen) atoms. The number of nitrogens with one attached hydrogen (secondary N) is 1. The number of aryl methyl sites for hydroxylation is 1. The van der Waals surface area contributed by atoms with Crippen molar-refractivity contribution in [2.24, 2.45) is 0 Å². The summed E-state index contributed by atoms with van der Waals surface area (Å²) in [4.78, 5) is 12.1. The monoisotopic (exact) mass is 305 g/mol. The number of hydrogen-bond acceptors (Lipinski definition) is 3. The van der Waals surface area contributed by atoms with Crippen LogP contribution in [-0.2, 0) is 11.2 Å². The van der Waals surface area contributed by atoms with E-state index < -0.39 is 0 Å². The van der Waals surface area contributed by atoms with Crippen LogP contribution in [0.3, 0.4) is 0 Å². The smallest absolute Gasteiger partial charge is 0.228 e. The maximum Gasteiger partial charge on any atom is 0.228 e. The minimum Gasteiger partial charge on any atom is -0.508 e. The Morgan fingerprint density at radius 2 is 2.10 bits per heavy atom. The van der Waals surface area contributed by atoms with Crippen molar-refractivity contribution in [3.8, 4) is 11.5 Å². The zero-order valence-corrected chi connectivity index (χ0v) is 12.6. The molecular formula is C16H16ClNO3. The van der Waals surface area contributed by atoms with Gasteiger partial charge in [0.1, 0.15) is 11.5 Å². The highest BCUT2D eigenvalue weighted by Crippen LogP contribution is 2.31. The number of aromatic hydroxyl groups is 1. The summed E-state index contributed by atoms with van der Waals surface area (Å²) >= 11 is 6.03. The molecule has 2 N–H and O–H groups in total. The lowest BCUT2D eigenvalue weighted by atomic mass is 10.1. The highest BCUT2D eigenvalue weighted by molar-refractivity contribution is 6.31. The van der Waals surface area contributed by atoms with Gasteiger partial charge in [-0.05, 0) is 36.2 Å². The van der Waals surface area contributed by atoms with Gasteiger partial charge in [0.15, 0.2) is 0 Å². The van der Waals surface area contributed by atoms with Crippen molar-refractivity contribution >= 4 is 23.2 Å². The van der Waals surface area contributed by atoms with E-state index in [1.165, 1.54) is 7.11 Å². The second-order valence-corrected chi connectivity index (χ2v) is 5.10. The molecule has 0 fully saturated rings. The summed E-state index contributed by atoms with van der Waals surface area (Å²) in [5, 5.41) is 12.8. The van der Waals surface area contributed by atoms with Gasteiger partial charge in [-0.3, -0.25) is 4.79 Å². The quantitative estimate of drug-likeness (QED) is 0.908. The summed E-state index contributed by atoms with van der Waals surface area (Å²) in [5.74, 6) is 0.454. The number of methoxy groups -OCH3 is 1. The third-order valence-corrected chi connectivity index (χ3v) is 3.44. The van der Waals surface area contributed by atoms with Crippen LogP contribution in [0.2, 0.25) is 5.02 Å². The predicted octanol–water partition coefficient (Wildman–Crippen LogP) is 3.54. The Kier molecular flexibility index (Phi) is 4.70. The first kappa shape index (κ1) is 15.2. The molecular weight excluding hydrogens is 290 g/mol. The van der Waals surface area contributed by atoms with Crippen LogP contribution in [0.25, 0.3) is 0 Å². The molecule has 0 heterocycles. The van der Waals surface area contributed by atoms with E-state index in [2.05, 4.69) is 5.32 Å². The van der Waals surface area contributed by atoms with Crippen molar-refractivity contribution in [1.82, 2.24) is 0 Å². The molecule has 0 saturated carbocycles. The molecule has 0 aromatic heterocycles. The Bertz CT molecular complexity index is 671. The third kappa shape index (κ3) is 3.89. The summed E-state index contributed by atoms with van der Waals surface area (Å²) in [5.41, 5.74) is 2.16. The topological polar surface area (TPSA) is 58.6 Å². The number of anilines is 1. The number of rotatable bonds is 4. The van der Waals surface area contributed by atoms with Gasteiger partial charge in [-0.2, -0.15) is 0 Å². The lowest BCUT2D eigenvalue weighted by Gasteiger charge is -2.12. The van der Waals surface area contributed by atoms with Gasteiger partial charge in [0, 0.05) is 11.1 Å². The average Bonchev–Trinajstić information content (AvgIpc) is 2.42. The van der Waals surface area contributed by atoms with Crippen LogP contribution in [0.4, 0.5) is 5.69 Å². The van der Waals surface area contributed by atoms with E-state index >= 15 is 0 Å². The molecule has 2 aromatic rings. The van der Waals surface area contributed by atoms with Crippen LogP contribution in [-0.4, -0.2) is 18.1 Å². The number of ether oxygens (including phenoxy) is 1. The summed E-state index contributed by atoms with van der Waals surface area (Å²) in [6, 6.07) is 10.0. The molecule has 0 unspecified atom stereocenters. The zero-order chi connectivity index (χ0) is 15.4. The third-order valence-electron chi connectivity index (χ3n) is 3.03. The van der Waals surface area contributed by atoms with Gasteiger partial charge in [0.05, 0.1) is 19.2 Å². The van der Waals surface area contributed by atoms with Crippen molar-refractivity contribution in [2.45, 2.75) is 13.3 Å². The number of hydrogen-bond donors (Lipinski definition) is 2. The van der Waals surface area contributed by atoms with Gasteiger partial charge in [-0.25, -0.2) is 0 Å². The van der Waals surface area contributed by atoms with Crippen LogP contribution < -0.4 is 10.1 Å². The van der Waals surface area contributed by atoms with Crippen molar-refractivity contribution in [3.63, 3.8) is 0 Å². The second kappa shape index (κ2) is 6.50. The van der Waals surface area contributed by atoms with Crippen LogP contribution >= 0.6 is 11.6 Å². The molecule has 0 aliphatic carbocycles. The first-order chi connectivity index (χ1) is 9.99. The number of benzene rings is 2. The Morgan fingerprint density at radius 1 is 1.33 bits per heavy atom. The highest BCUT2D eigenvalue weighted by atomic mass is 35.5. The van der Waals surface area contributed by atoms with Gasteiger partial charge < -0.3 is 15.2 Å². The Labute approximate surface area is 128 Å². The molecule has 0 bridgehead atoms. The highest BCUT2D eigenvalue weighted by Gasteiger charge is 2.11. The lowest BCUT2D eigenvalue weighted by Crippen LogP contribution is -2.15. The Hall–Kier alpha value is -2.20. The van der Waals surface area contributed by atoms with Crippen molar-refractivity contribution in [2.75, 3.05) is 12.4 Å². The maximum absolute atomic E-state index is 12.1. The number of phenolic OH excluding ortho intramolecular Hbond substituents is 1. The van der Waals surface area contributed by atoms with Crippen molar-refractivity contribution in [3.05, 3.63) is 52.5 Å². The summed E-state index contributed by atoms with van der Waals surface area (Å²) in [6.07, 6.45) is 0.166. The average molecular weight is 306 g/mol. The summed E-state index contributed by atoms with van der Waals surface area (Å²) < 4.78 is 5.21. The fourth-order valence-corrected chi connectivity index (χ4v) is 2.13. The molecule has 2 aromatic carbocycles. The lowest BCUT2D eigenvalue weighted by molar-refractivity contribution is -0.115. The van der Waals surface area contributed by atoms with E-state index in [1.54, 1.807) is 36.4 Å². The first-order valence-electron chi connectivity index (χ1n) is 6.41. The van der Waals surface area contributed by atoms with Crippen molar-refractivity contribution < 1.29 is 14.6 Å². The Morgan fingerprint density at radius 3 is 2.76 bits per heavy atom. The molecule has 0 spiro atoms. The molecule has 0 aliphatic rings. The normalized spacial score (nSPS) is 10.2. The summed E-state index contributed by atoms with van der Waals surface area (Å²) in [7, 11) is 1.52. The SMILES string of the molecule is COc1cc(Cl)c(C)cc1NC(=O)Cc1cccc(O)c1. The van der Waals surface area contributed by atoms with Gasteiger partial charge in [-0.1, -0.05) is 23.7 Å². The van der Waals surface area contributed by atoms with Crippen LogP contribution in [0.1, 0.15) is 11.1 Å². The van der Waals surface area contributed by atoms with E-state index in [9.17, 15) is 9.90 Å². The van der Waals surface area contributed by atoms with Gasteiger partial charge in [-0.15, -0.1) is 0 Å². The Balaban J connectivity index is 2.14. The number of phenols is 1. The van der Waals surface area contributed by atoms with E-state index in [0.29, 0.717) is 16.5 Å². The fraction of sp³-hybridized carbons (Fsp3) is 0.188. The van der Waals surface area contributed by atoms with E-state index in [4.69, 9.17) is 16.3 Å². The summed E-state index contributed by atoms with van der Waals surface area (Å²) in [6.45, 7) is 1.85. The first-order valence-corrected chi connectivity index (χ1v) is 6.79. The molecule has 5 heteroatoms. The zero-order valence-electron chi connectivity index (χ0n) is 11.8. The second-order valence-electron chi connectivity index (χ2n) is 4.70. The van der Waals surface area contributed by atoms with Crippen LogP contribution in [0.15, 0.2) is 36.4 Å². The van der Waals surface area contributed by atoms with E-state index in [1.807, 2.05) is 6.92 Å². The predicted molar refractivity (Wildman–Crippen MR) is 83.2 cm³/mol. The molecule has 0 atom stereocenters. The molecule has 0 saturated heterocycles. The van der Waals surface area contributed by atoms with Crippen molar-refractivity contribution in [1.29, 1.82) is 0 Å². The largest absolute Gasteiger partial charge is 0.508 e. The molecule has 4 nitrogen and oxygen atoms in total. The fourth-order valence-electron chi connectivity index (χ4n) is 1.98. The number of carbonyl (C=O) groups is 1. The van der Waals surface area contributed by atoms with Gasteiger partial charge in [0.2, 0.25) is 5.91 Å². The van der Waals surface area contributed by atoms with Crippen LogP contribution in [0.5, 0.6) is 11.5 Å².